The van der Waals surface area contributed by atoms with Crippen LogP contribution >= 0.6 is 0 Å². The normalized spacial score (nSPS) is 14.5. The summed E-state index contributed by atoms with van der Waals surface area (Å²) >= 11 is 0. The van der Waals surface area contributed by atoms with Crippen LogP contribution in [0.1, 0.15) is 48.4 Å². The van der Waals surface area contributed by atoms with Gasteiger partial charge >= 0.3 is 5.97 Å². The highest BCUT2D eigenvalue weighted by molar-refractivity contribution is 7.85. The fourth-order valence-electron chi connectivity index (χ4n) is 5.37. The quantitative estimate of drug-likeness (QED) is 0.0770. The first-order chi connectivity index (χ1) is 20.1. The Morgan fingerprint density at radius 1 is 1.05 bits per heavy atom. The first-order valence-electron chi connectivity index (χ1n) is 13.9. The number of benzene rings is 2. The van der Waals surface area contributed by atoms with Crippen LogP contribution < -0.4 is 14.4 Å². The summed E-state index contributed by atoms with van der Waals surface area (Å²) in [7, 11) is 0.794. The molecule has 0 atom stereocenters. The van der Waals surface area contributed by atoms with Crippen LogP contribution in [0.5, 0.6) is 0 Å². The maximum atomic E-state index is 12.1. The van der Waals surface area contributed by atoms with Crippen LogP contribution in [-0.4, -0.2) is 56.6 Å². The van der Waals surface area contributed by atoms with Crippen molar-refractivity contribution in [3.63, 3.8) is 0 Å². The highest BCUT2D eigenvalue weighted by atomic mass is 32.2. The Bertz CT molecular complexity index is 1610. The predicted octanol–water partition coefficient (Wildman–Crippen LogP) is 4.22. The van der Waals surface area contributed by atoms with Crippen LogP contribution in [-0.2, 0) is 44.8 Å². The first-order valence-corrected chi connectivity index (χ1v) is 15.5. The molecule has 0 radical (unpaired) electrons. The molecule has 0 spiro atoms. The molecule has 11 nitrogen and oxygen atoms in total. The van der Waals surface area contributed by atoms with Crippen molar-refractivity contribution < 1.29 is 36.8 Å². The number of imidazole rings is 1. The average molecular weight is 600 g/mol. The zero-order chi connectivity index (χ0) is 30.4. The molecule has 12 heteroatoms. The second-order valence-electron chi connectivity index (χ2n) is 9.88. The summed E-state index contributed by atoms with van der Waals surface area (Å²) in [5, 5.41) is 0. The van der Waals surface area contributed by atoms with Crippen LogP contribution in [0.4, 0.5) is 11.4 Å². The lowest BCUT2D eigenvalue weighted by molar-refractivity contribution is -0.670. The van der Waals surface area contributed by atoms with Gasteiger partial charge in [-0.15, -0.1) is 0 Å². The SMILES string of the molecule is CCN1C(=CC=Cc2n(C)c3cc(C(=O)OC)ccc3[n+]2CC)N(CCCCS(=O)(=O)O)c2cc(COOC)ccc21. The van der Waals surface area contributed by atoms with E-state index in [2.05, 4.69) is 51.0 Å². The molecule has 0 fully saturated rings. The number of carbonyl (C=O) groups is 1. The van der Waals surface area contributed by atoms with Gasteiger partial charge in [0.25, 0.3) is 15.9 Å². The van der Waals surface area contributed by atoms with Gasteiger partial charge in [0.05, 0.1) is 50.5 Å². The minimum Gasteiger partial charge on any atom is -0.465 e. The van der Waals surface area contributed by atoms with Gasteiger partial charge in [0, 0.05) is 25.2 Å². The number of nitrogens with zero attached hydrogens (tertiary/aromatic N) is 4. The number of rotatable bonds is 13. The lowest BCUT2D eigenvalue weighted by Crippen LogP contribution is -2.35. The molecule has 0 saturated carbocycles. The van der Waals surface area contributed by atoms with E-state index in [1.807, 2.05) is 37.4 Å². The van der Waals surface area contributed by atoms with E-state index in [1.54, 1.807) is 6.07 Å². The highest BCUT2D eigenvalue weighted by Crippen LogP contribution is 2.42. The lowest BCUT2D eigenvalue weighted by atomic mass is 10.1. The fourth-order valence-corrected chi connectivity index (χ4v) is 5.94. The molecule has 1 N–H and O–H groups in total. The molecule has 226 valence electrons. The molecule has 0 amide bonds. The third-order valence-electron chi connectivity index (χ3n) is 7.34. The Balaban J connectivity index is 1.71. The van der Waals surface area contributed by atoms with Gasteiger partial charge < -0.3 is 14.5 Å². The molecule has 0 bridgehead atoms. The van der Waals surface area contributed by atoms with E-state index in [1.165, 1.54) is 14.2 Å². The van der Waals surface area contributed by atoms with Gasteiger partial charge in [0.2, 0.25) is 0 Å². The smallest absolute Gasteiger partial charge is 0.338 e. The number of methoxy groups -OCH3 is 1. The van der Waals surface area contributed by atoms with Crippen molar-refractivity contribution in [1.29, 1.82) is 0 Å². The number of anilines is 2. The van der Waals surface area contributed by atoms with E-state index in [0.29, 0.717) is 31.6 Å². The Hall–Kier alpha value is -3.71. The van der Waals surface area contributed by atoms with E-state index >= 15 is 0 Å². The first kappa shape index (κ1) is 31.2. The van der Waals surface area contributed by atoms with Gasteiger partial charge in [-0.05, 0) is 62.6 Å². The summed E-state index contributed by atoms with van der Waals surface area (Å²) in [6.07, 6.45) is 7.00. The third kappa shape index (κ3) is 6.67. The number of aromatic nitrogens is 2. The van der Waals surface area contributed by atoms with E-state index in [9.17, 15) is 17.8 Å². The third-order valence-corrected chi connectivity index (χ3v) is 8.15. The Labute approximate surface area is 246 Å². The monoisotopic (exact) mass is 599 g/mol. The fraction of sp³-hybridized carbons (Fsp3) is 0.400. The molecule has 2 aromatic carbocycles. The number of aryl methyl sites for hydroxylation is 2. The number of hydrogen-bond donors (Lipinski definition) is 1. The summed E-state index contributed by atoms with van der Waals surface area (Å²) in [6.45, 7) is 6.48. The molecule has 0 saturated heterocycles. The van der Waals surface area contributed by atoms with Crippen LogP contribution in [0.3, 0.4) is 0 Å². The number of hydrogen-bond acceptors (Lipinski definition) is 8. The van der Waals surface area contributed by atoms with Crippen molar-refractivity contribution in [2.24, 2.45) is 7.05 Å². The maximum absolute atomic E-state index is 12.1. The number of esters is 1. The molecule has 0 unspecified atom stereocenters. The van der Waals surface area contributed by atoms with Crippen molar-refractivity contribution in [1.82, 2.24) is 4.57 Å². The van der Waals surface area contributed by atoms with Crippen molar-refractivity contribution in [2.75, 3.05) is 42.9 Å². The van der Waals surface area contributed by atoms with Crippen molar-refractivity contribution in [3.8, 4) is 0 Å². The van der Waals surface area contributed by atoms with Gasteiger partial charge in [-0.1, -0.05) is 12.1 Å². The molecule has 3 aromatic rings. The minimum atomic E-state index is -4.02. The van der Waals surface area contributed by atoms with Crippen LogP contribution in [0, 0.1) is 0 Å². The van der Waals surface area contributed by atoms with Crippen LogP contribution in [0.2, 0.25) is 0 Å². The van der Waals surface area contributed by atoms with Crippen molar-refractivity contribution >= 4 is 44.6 Å². The molecule has 1 aliphatic rings. The standard InChI is InChI=1S/C30H38N4O7S/c1-6-32-24-16-14-23(30(35)39-4)20-26(24)31(3)28(32)11-10-12-29-33(7-2)25-15-13-22(21-41-40-5)19-27(25)34(29)17-8-9-18-42(36,37)38/h10-16,19-20H,6-9,17-18,21H2,1-5H3/p+1. The minimum absolute atomic E-state index is 0.276. The molecule has 4 rings (SSSR count). The van der Waals surface area contributed by atoms with Gasteiger partial charge in [-0.25, -0.2) is 23.7 Å². The average Bonchev–Trinajstić information content (AvgIpc) is 3.42. The summed E-state index contributed by atoms with van der Waals surface area (Å²) < 4.78 is 40.9. The molecular weight excluding hydrogens is 560 g/mol. The number of allylic oxidation sites excluding steroid dienone is 2. The van der Waals surface area contributed by atoms with E-state index < -0.39 is 10.1 Å². The molecule has 1 aliphatic heterocycles. The van der Waals surface area contributed by atoms with E-state index in [-0.39, 0.29) is 11.7 Å². The van der Waals surface area contributed by atoms with Gasteiger partial charge in [-0.2, -0.15) is 8.42 Å². The van der Waals surface area contributed by atoms with Gasteiger partial charge in [0.15, 0.2) is 11.0 Å². The zero-order valence-corrected chi connectivity index (χ0v) is 25.6. The number of ether oxygens (including phenoxy) is 1. The maximum Gasteiger partial charge on any atom is 0.338 e. The summed E-state index contributed by atoms with van der Waals surface area (Å²) in [5.41, 5.74) is 5.39. The zero-order valence-electron chi connectivity index (χ0n) is 24.7. The summed E-state index contributed by atoms with van der Waals surface area (Å²) in [6, 6.07) is 11.7. The lowest BCUT2D eigenvalue weighted by Gasteiger charge is -2.24. The van der Waals surface area contributed by atoms with Crippen molar-refractivity contribution in [3.05, 3.63) is 71.3 Å². The number of unbranched alkanes of at least 4 members (excludes halogenated alkanes) is 1. The number of carbonyl (C=O) groups excluding carboxylic acids is 1. The second-order valence-corrected chi connectivity index (χ2v) is 11.5. The number of fused-ring (bicyclic) bond motifs is 2. The van der Waals surface area contributed by atoms with Crippen molar-refractivity contribution in [2.45, 2.75) is 39.8 Å². The van der Waals surface area contributed by atoms with Crippen LogP contribution in [0.15, 0.2) is 54.4 Å². The van der Waals surface area contributed by atoms with Gasteiger partial charge in [-0.3, -0.25) is 4.55 Å². The molecular formula is C30H39N4O7S+. The van der Waals surface area contributed by atoms with Crippen LogP contribution in [0.25, 0.3) is 17.1 Å². The second kappa shape index (κ2) is 13.5. The predicted molar refractivity (Wildman–Crippen MR) is 162 cm³/mol. The molecule has 0 aliphatic carbocycles. The van der Waals surface area contributed by atoms with Gasteiger partial charge in [0.1, 0.15) is 12.4 Å². The highest BCUT2D eigenvalue weighted by Gasteiger charge is 2.30. The molecule has 2 heterocycles. The molecule has 42 heavy (non-hydrogen) atoms. The molecule has 1 aromatic heterocycles. The summed E-state index contributed by atoms with van der Waals surface area (Å²) in [4.78, 5) is 26.4. The summed E-state index contributed by atoms with van der Waals surface area (Å²) in [5.74, 6) is 1.26. The van der Waals surface area contributed by atoms with E-state index in [0.717, 1.165) is 52.7 Å². The largest absolute Gasteiger partial charge is 0.465 e. The Kier molecular flexibility index (Phi) is 10.0. The Morgan fingerprint density at radius 3 is 2.50 bits per heavy atom. The van der Waals surface area contributed by atoms with E-state index in [4.69, 9.17) is 14.5 Å². The topological polar surface area (TPSA) is 114 Å². The Morgan fingerprint density at radius 2 is 1.83 bits per heavy atom.